The molecule has 2 nitrogen and oxygen atoms in total. The van der Waals surface area contributed by atoms with Gasteiger partial charge in [-0.2, -0.15) is 0 Å². The molecule has 0 saturated carbocycles. The molecule has 0 radical (unpaired) electrons. The van der Waals surface area contributed by atoms with Crippen molar-refractivity contribution in [3.05, 3.63) is 24.3 Å². The molecule has 17 heavy (non-hydrogen) atoms. The lowest BCUT2D eigenvalue weighted by atomic mass is 10.1. The summed E-state index contributed by atoms with van der Waals surface area (Å²) >= 11 is 0. The Morgan fingerprint density at radius 3 is 2.12 bits per heavy atom. The first kappa shape index (κ1) is 13.7. The molecule has 0 amide bonds. The standard InChI is InChI=1S/C12H15F3O2/c1-3-9(2)8-16-10-4-6-11(7-5-10)17-12(13,14)15/h4-7,9H,3,8H2,1-2H3. The molecule has 1 rings (SSSR count). The molecule has 0 aromatic heterocycles. The Balaban J connectivity index is 2.50. The van der Waals surface area contributed by atoms with E-state index in [1.807, 2.05) is 13.8 Å². The van der Waals surface area contributed by atoms with Crippen molar-refractivity contribution < 1.29 is 22.6 Å². The van der Waals surface area contributed by atoms with Crippen molar-refractivity contribution in [2.75, 3.05) is 6.61 Å². The Morgan fingerprint density at radius 2 is 1.65 bits per heavy atom. The lowest BCUT2D eigenvalue weighted by Gasteiger charge is -2.12. The van der Waals surface area contributed by atoms with Crippen LogP contribution in [0.3, 0.4) is 0 Å². The summed E-state index contributed by atoms with van der Waals surface area (Å²) in [5.41, 5.74) is 0. The zero-order valence-corrected chi connectivity index (χ0v) is 9.75. The quantitative estimate of drug-likeness (QED) is 0.783. The summed E-state index contributed by atoms with van der Waals surface area (Å²) < 4.78 is 44.8. The first-order valence-electron chi connectivity index (χ1n) is 5.39. The molecule has 96 valence electrons. The van der Waals surface area contributed by atoms with Crippen LogP contribution in [0.5, 0.6) is 11.5 Å². The Labute approximate surface area is 98.3 Å². The van der Waals surface area contributed by atoms with E-state index in [9.17, 15) is 13.2 Å². The van der Waals surface area contributed by atoms with Crippen molar-refractivity contribution in [1.82, 2.24) is 0 Å². The van der Waals surface area contributed by atoms with Crippen LogP contribution in [0.4, 0.5) is 13.2 Å². The number of alkyl halides is 3. The van der Waals surface area contributed by atoms with Gasteiger partial charge in [0.25, 0.3) is 0 Å². The van der Waals surface area contributed by atoms with E-state index in [4.69, 9.17) is 4.74 Å². The van der Waals surface area contributed by atoms with E-state index in [1.54, 1.807) is 0 Å². The summed E-state index contributed by atoms with van der Waals surface area (Å²) in [4.78, 5) is 0. The Kier molecular flexibility index (Phi) is 4.66. The highest BCUT2D eigenvalue weighted by Gasteiger charge is 2.30. The van der Waals surface area contributed by atoms with E-state index in [0.717, 1.165) is 6.42 Å². The third-order valence-corrected chi connectivity index (χ3v) is 2.29. The molecule has 0 fully saturated rings. The fourth-order valence-corrected chi connectivity index (χ4v) is 1.09. The average molecular weight is 248 g/mol. The molecule has 0 saturated heterocycles. The zero-order valence-electron chi connectivity index (χ0n) is 9.75. The van der Waals surface area contributed by atoms with Crippen LogP contribution in [-0.4, -0.2) is 13.0 Å². The molecule has 0 spiro atoms. The largest absolute Gasteiger partial charge is 0.573 e. The lowest BCUT2D eigenvalue weighted by Crippen LogP contribution is -2.17. The van der Waals surface area contributed by atoms with Gasteiger partial charge in [-0.1, -0.05) is 20.3 Å². The van der Waals surface area contributed by atoms with E-state index >= 15 is 0 Å². The normalized spacial score (nSPS) is 13.2. The van der Waals surface area contributed by atoms with Gasteiger partial charge in [-0.3, -0.25) is 0 Å². The molecule has 1 aromatic rings. The van der Waals surface area contributed by atoms with Crippen molar-refractivity contribution in [2.24, 2.45) is 5.92 Å². The second-order valence-electron chi connectivity index (χ2n) is 3.84. The van der Waals surface area contributed by atoms with Crippen LogP contribution < -0.4 is 9.47 Å². The third kappa shape index (κ3) is 5.47. The second kappa shape index (κ2) is 5.80. The summed E-state index contributed by atoms with van der Waals surface area (Å²) in [5, 5.41) is 0. The maximum atomic E-state index is 11.9. The molecular formula is C12H15F3O2. The minimum absolute atomic E-state index is 0.242. The van der Waals surface area contributed by atoms with Crippen molar-refractivity contribution in [2.45, 2.75) is 26.6 Å². The summed E-state index contributed by atoms with van der Waals surface area (Å²) in [6, 6.07) is 5.39. The van der Waals surface area contributed by atoms with Crippen molar-refractivity contribution in [1.29, 1.82) is 0 Å². The monoisotopic (exact) mass is 248 g/mol. The van der Waals surface area contributed by atoms with Gasteiger partial charge < -0.3 is 9.47 Å². The number of halogens is 3. The highest BCUT2D eigenvalue weighted by atomic mass is 19.4. The predicted molar refractivity (Wildman–Crippen MR) is 58.1 cm³/mol. The fraction of sp³-hybridized carbons (Fsp3) is 0.500. The highest BCUT2D eigenvalue weighted by Crippen LogP contribution is 2.24. The van der Waals surface area contributed by atoms with Crippen LogP contribution >= 0.6 is 0 Å². The highest BCUT2D eigenvalue weighted by molar-refractivity contribution is 5.31. The maximum Gasteiger partial charge on any atom is 0.573 e. The minimum atomic E-state index is -4.65. The van der Waals surface area contributed by atoms with E-state index < -0.39 is 6.36 Å². The average Bonchev–Trinajstić information content (AvgIpc) is 2.25. The van der Waals surface area contributed by atoms with Crippen LogP contribution in [-0.2, 0) is 0 Å². The molecule has 0 heterocycles. The summed E-state index contributed by atoms with van der Waals surface area (Å²) in [6.07, 6.45) is -3.66. The van der Waals surface area contributed by atoms with E-state index in [1.165, 1.54) is 24.3 Å². The van der Waals surface area contributed by atoms with Crippen molar-refractivity contribution in [3.8, 4) is 11.5 Å². The Hall–Kier alpha value is -1.39. The SMILES string of the molecule is CCC(C)COc1ccc(OC(F)(F)F)cc1. The first-order chi connectivity index (χ1) is 7.90. The van der Waals surface area contributed by atoms with E-state index in [2.05, 4.69) is 4.74 Å². The minimum Gasteiger partial charge on any atom is -0.493 e. The molecule has 1 aromatic carbocycles. The molecule has 1 unspecified atom stereocenters. The molecule has 5 heteroatoms. The van der Waals surface area contributed by atoms with Gasteiger partial charge >= 0.3 is 6.36 Å². The van der Waals surface area contributed by atoms with Crippen LogP contribution in [0.15, 0.2) is 24.3 Å². The predicted octanol–water partition coefficient (Wildman–Crippen LogP) is 4.01. The third-order valence-electron chi connectivity index (χ3n) is 2.29. The van der Waals surface area contributed by atoms with Gasteiger partial charge in [0.1, 0.15) is 11.5 Å². The zero-order chi connectivity index (χ0) is 12.9. The number of rotatable bonds is 5. The van der Waals surface area contributed by atoms with Crippen LogP contribution in [0.2, 0.25) is 0 Å². The molecule has 0 aliphatic carbocycles. The molecule has 0 bridgehead atoms. The van der Waals surface area contributed by atoms with Gasteiger partial charge in [0.2, 0.25) is 0 Å². The van der Waals surface area contributed by atoms with Gasteiger partial charge in [-0.15, -0.1) is 13.2 Å². The molecule has 1 atom stereocenters. The molecular weight excluding hydrogens is 233 g/mol. The van der Waals surface area contributed by atoms with Gasteiger partial charge in [0.15, 0.2) is 0 Å². The number of hydrogen-bond donors (Lipinski definition) is 0. The van der Waals surface area contributed by atoms with Gasteiger partial charge in [0, 0.05) is 0 Å². The van der Waals surface area contributed by atoms with Gasteiger partial charge in [-0.05, 0) is 30.2 Å². The van der Waals surface area contributed by atoms with Crippen LogP contribution in [0.25, 0.3) is 0 Å². The van der Waals surface area contributed by atoms with Crippen LogP contribution in [0.1, 0.15) is 20.3 Å². The van der Waals surface area contributed by atoms with Crippen molar-refractivity contribution >= 4 is 0 Å². The second-order valence-corrected chi connectivity index (χ2v) is 3.84. The smallest absolute Gasteiger partial charge is 0.493 e. The van der Waals surface area contributed by atoms with E-state index in [-0.39, 0.29) is 5.75 Å². The fourth-order valence-electron chi connectivity index (χ4n) is 1.09. The maximum absolute atomic E-state index is 11.9. The van der Waals surface area contributed by atoms with Gasteiger partial charge in [0.05, 0.1) is 6.61 Å². The Bertz CT molecular complexity index is 333. The van der Waals surface area contributed by atoms with Gasteiger partial charge in [-0.25, -0.2) is 0 Å². The van der Waals surface area contributed by atoms with E-state index in [0.29, 0.717) is 18.3 Å². The Morgan fingerprint density at radius 1 is 1.12 bits per heavy atom. The first-order valence-corrected chi connectivity index (χ1v) is 5.39. The number of hydrogen-bond acceptors (Lipinski definition) is 2. The molecule has 0 aliphatic heterocycles. The summed E-state index contributed by atoms with van der Waals surface area (Å²) in [7, 11) is 0. The summed E-state index contributed by atoms with van der Waals surface area (Å²) in [5.74, 6) is 0.717. The lowest BCUT2D eigenvalue weighted by molar-refractivity contribution is -0.274. The topological polar surface area (TPSA) is 18.5 Å². The van der Waals surface area contributed by atoms with Crippen molar-refractivity contribution in [3.63, 3.8) is 0 Å². The molecule has 0 aliphatic rings. The number of ether oxygens (including phenoxy) is 2. The summed E-state index contributed by atoms with van der Waals surface area (Å²) in [6.45, 7) is 4.64. The molecule has 0 N–H and O–H groups in total. The van der Waals surface area contributed by atoms with Crippen LogP contribution in [0, 0.1) is 5.92 Å². The number of benzene rings is 1.